The lowest BCUT2D eigenvalue weighted by atomic mass is 10.1. The SMILES string of the molecule is Cc1ccccc1Nc1nc2ccc(CCC=O)cc2o1. The first-order valence-electron chi connectivity index (χ1n) is 6.92. The van der Waals surface area contributed by atoms with Gasteiger partial charge in [-0.1, -0.05) is 24.3 Å². The quantitative estimate of drug-likeness (QED) is 0.717. The molecule has 0 unspecified atom stereocenters. The Labute approximate surface area is 122 Å². The molecule has 0 radical (unpaired) electrons. The van der Waals surface area contributed by atoms with Crippen molar-refractivity contribution in [1.29, 1.82) is 0 Å². The zero-order valence-electron chi connectivity index (χ0n) is 11.8. The molecule has 0 fully saturated rings. The fraction of sp³-hybridized carbons (Fsp3) is 0.176. The minimum Gasteiger partial charge on any atom is -0.423 e. The van der Waals surface area contributed by atoms with E-state index in [0.29, 0.717) is 12.4 Å². The van der Waals surface area contributed by atoms with Crippen LogP contribution in [0.25, 0.3) is 11.1 Å². The molecule has 0 aliphatic carbocycles. The highest BCUT2D eigenvalue weighted by Gasteiger charge is 2.07. The van der Waals surface area contributed by atoms with Gasteiger partial charge in [0.25, 0.3) is 6.01 Å². The predicted octanol–water partition coefficient (Wildman–Crippen LogP) is 4.01. The molecule has 3 rings (SSSR count). The number of nitrogens with one attached hydrogen (secondary N) is 1. The zero-order chi connectivity index (χ0) is 14.7. The van der Waals surface area contributed by atoms with Crippen molar-refractivity contribution >= 4 is 29.1 Å². The Morgan fingerprint density at radius 3 is 2.90 bits per heavy atom. The molecule has 0 saturated heterocycles. The Bertz CT molecular complexity index is 777. The van der Waals surface area contributed by atoms with Crippen LogP contribution in [0.15, 0.2) is 46.9 Å². The fourth-order valence-electron chi connectivity index (χ4n) is 2.23. The number of benzene rings is 2. The van der Waals surface area contributed by atoms with Crippen molar-refractivity contribution in [1.82, 2.24) is 4.98 Å². The van der Waals surface area contributed by atoms with E-state index in [-0.39, 0.29) is 0 Å². The molecule has 21 heavy (non-hydrogen) atoms. The molecular formula is C17H16N2O2. The Kier molecular flexibility index (Phi) is 3.69. The number of aromatic nitrogens is 1. The van der Waals surface area contributed by atoms with Gasteiger partial charge in [-0.25, -0.2) is 0 Å². The number of para-hydroxylation sites is 1. The first kappa shape index (κ1) is 13.4. The van der Waals surface area contributed by atoms with Crippen LogP contribution in [0.5, 0.6) is 0 Å². The van der Waals surface area contributed by atoms with Crippen LogP contribution in [0, 0.1) is 6.92 Å². The number of aldehydes is 1. The van der Waals surface area contributed by atoms with Gasteiger partial charge in [-0.05, 0) is 42.7 Å². The van der Waals surface area contributed by atoms with Gasteiger partial charge in [0.05, 0.1) is 0 Å². The minimum atomic E-state index is 0.479. The summed E-state index contributed by atoms with van der Waals surface area (Å²) in [6.07, 6.45) is 2.17. The highest BCUT2D eigenvalue weighted by molar-refractivity contribution is 5.76. The summed E-state index contributed by atoms with van der Waals surface area (Å²) in [5, 5.41) is 3.19. The van der Waals surface area contributed by atoms with Gasteiger partial charge < -0.3 is 14.5 Å². The fourth-order valence-corrected chi connectivity index (χ4v) is 2.23. The third-order valence-electron chi connectivity index (χ3n) is 3.39. The molecule has 0 amide bonds. The molecule has 4 heteroatoms. The second kappa shape index (κ2) is 5.79. The minimum absolute atomic E-state index is 0.479. The Hall–Kier alpha value is -2.62. The van der Waals surface area contributed by atoms with Gasteiger partial charge >= 0.3 is 0 Å². The maximum Gasteiger partial charge on any atom is 0.300 e. The summed E-state index contributed by atoms with van der Waals surface area (Å²) in [7, 11) is 0. The molecule has 0 bridgehead atoms. The lowest BCUT2D eigenvalue weighted by Crippen LogP contribution is -1.92. The van der Waals surface area contributed by atoms with E-state index in [9.17, 15) is 4.79 Å². The first-order valence-corrected chi connectivity index (χ1v) is 6.92. The molecule has 1 heterocycles. The lowest BCUT2D eigenvalue weighted by molar-refractivity contribution is -0.107. The summed E-state index contributed by atoms with van der Waals surface area (Å²) in [6.45, 7) is 2.03. The first-order chi connectivity index (χ1) is 10.3. The number of carbonyl (C=O) groups is 1. The Balaban J connectivity index is 1.87. The average molecular weight is 280 g/mol. The van der Waals surface area contributed by atoms with Gasteiger partial charge in [-0.15, -0.1) is 0 Å². The second-order valence-electron chi connectivity index (χ2n) is 4.97. The van der Waals surface area contributed by atoms with Gasteiger partial charge in [0.15, 0.2) is 5.58 Å². The van der Waals surface area contributed by atoms with Crippen molar-refractivity contribution in [2.75, 3.05) is 5.32 Å². The van der Waals surface area contributed by atoms with Crippen LogP contribution in [0.1, 0.15) is 17.5 Å². The zero-order valence-corrected chi connectivity index (χ0v) is 11.8. The number of anilines is 2. The number of hydrogen-bond acceptors (Lipinski definition) is 4. The van der Waals surface area contributed by atoms with E-state index in [2.05, 4.69) is 10.3 Å². The van der Waals surface area contributed by atoms with Crippen LogP contribution < -0.4 is 5.32 Å². The number of carbonyl (C=O) groups excluding carboxylic acids is 1. The van der Waals surface area contributed by atoms with E-state index in [1.54, 1.807) is 0 Å². The van der Waals surface area contributed by atoms with E-state index in [1.165, 1.54) is 0 Å². The molecule has 1 N–H and O–H groups in total. The number of hydrogen-bond donors (Lipinski definition) is 1. The van der Waals surface area contributed by atoms with Crippen LogP contribution in [0.3, 0.4) is 0 Å². The van der Waals surface area contributed by atoms with Crippen LogP contribution in [-0.2, 0) is 11.2 Å². The highest BCUT2D eigenvalue weighted by Crippen LogP contribution is 2.24. The summed E-state index contributed by atoms with van der Waals surface area (Å²) in [4.78, 5) is 14.9. The van der Waals surface area contributed by atoms with Gasteiger partial charge in [-0.2, -0.15) is 4.98 Å². The van der Waals surface area contributed by atoms with E-state index in [0.717, 1.165) is 40.6 Å². The summed E-state index contributed by atoms with van der Waals surface area (Å²) in [6, 6.07) is 14.3. The van der Waals surface area contributed by atoms with Crippen molar-refractivity contribution in [3.05, 3.63) is 53.6 Å². The number of fused-ring (bicyclic) bond motifs is 1. The third-order valence-corrected chi connectivity index (χ3v) is 3.39. The van der Waals surface area contributed by atoms with Crippen molar-refractivity contribution in [2.24, 2.45) is 0 Å². The maximum absolute atomic E-state index is 10.4. The number of nitrogens with zero attached hydrogens (tertiary/aromatic N) is 1. The van der Waals surface area contributed by atoms with Gasteiger partial charge in [0.1, 0.15) is 11.8 Å². The van der Waals surface area contributed by atoms with Crippen molar-refractivity contribution in [3.63, 3.8) is 0 Å². The van der Waals surface area contributed by atoms with E-state index in [4.69, 9.17) is 4.42 Å². The third kappa shape index (κ3) is 2.94. The summed E-state index contributed by atoms with van der Waals surface area (Å²) < 4.78 is 5.74. The molecule has 2 aromatic carbocycles. The average Bonchev–Trinajstić information content (AvgIpc) is 2.89. The van der Waals surface area contributed by atoms with Crippen LogP contribution in [0.2, 0.25) is 0 Å². The molecule has 0 aliphatic heterocycles. The molecule has 0 aliphatic rings. The predicted molar refractivity (Wildman–Crippen MR) is 82.9 cm³/mol. The van der Waals surface area contributed by atoms with E-state index >= 15 is 0 Å². The van der Waals surface area contributed by atoms with Crippen LogP contribution in [-0.4, -0.2) is 11.3 Å². The van der Waals surface area contributed by atoms with E-state index in [1.807, 2.05) is 49.4 Å². The van der Waals surface area contributed by atoms with Gasteiger partial charge in [0.2, 0.25) is 0 Å². The normalized spacial score (nSPS) is 10.7. The molecule has 3 aromatic rings. The number of aryl methyl sites for hydroxylation is 2. The highest BCUT2D eigenvalue weighted by atomic mass is 16.4. The Morgan fingerprint density at radius 1 is 1.24 bits per heavy atom. The largest absolute Gasteiger partial charge is 0.423 e. The molecule has 106 valence electrons. The molecule has 1 aromatic heterocycles. The topological polar surface area (TPSA) is 55.1 Å². The molecule has 0 saturated carbocycles. The van der Waals surface area contributed by atoms with Crippen LogP contribution >= 0.6 is 0 Å². The summed E-state index contributed by atoms with van der Waals surface area (Å²) in [5.41, 5.74) is 4.72. The monoisotopic (exact) mass is 280 g/mol. The summed E-state index contributed by atoms with van der Waals surface area (Å²) in [5.74, 6) is 0. The Morgan fingerprint density at radius 2 is 2.10 bits per heavy atom. The smallest absolute Gasteiger partial charge is 0.300 e. The van der Waals surface area contributed by atoms with Crippen molar-refractivity contribution < 1.29 is 9.21 Å². The second-order valence-corrected chi connectivity index (χ2v) is 4.97. The van der Waals surface area contributed by atoms with Gasteiger partial charge in [0, 0.05) is 12.1 Å². The lowest BCUT2D eigenvalue weighted by Gasteiger charge is -2.04. The molecule has 4 nitrogen and oxygen atoms in total. The van der Waals surface area contributed by atoms with Crippen molar-refractivity contribution in [2.45, 2.75) is 19.8 Å². The molecule has 0 atom stereocenters. The van der Waals surface area contributed by atoms with Crippen molar-refractivity contribution in [3.8, 4) is 0 Å². The summed E-state index contributed by atoms with van der Waals surface area (Å²) >= 11 is 0. The van der Waals surface area contributed by atoms with Crippen LogP contribution in [0.4, 0.5) is 11.7 Å². The molecule has 0 spiro atoms. The maximum atomic E-state index is 10.4. The van der Waals surface area contributed by atoms with Gasteiger partial charge in [-0.3, -0.25) is 0 Å². The molecular weight excluding hydrogens is 264 g/mol. The number of oxazole rings is 1. The standard InChI is InChI=1S/C17H16N2O2/c1-12-5-2-3-7-14(12)18-17-19-15-9-8-13(6-4-10-20)11-16(15)21-17/h2-3,5,7-11H,4,6H2,1H3,(H,18,19). The van der Waals surface area contributed by atoms with E-state index < -0.39 is 0 Å². The number of rotatable bonds is 5.